The molecule has 3 aromatic rings. The van der Waals surface area contributed by atoms with E-state index in [9.17, 15) is 9.59 Å². The van der Waals surface area contributed by atoms with Crippen LogP contribution in [0.3, 0.4) is 0 Å². The van der Waals surface area contributed by atoms with Crippen molar-refractivity contribution in [3.8, 4) is 16.9 Å². The molecule has 2 aliphatic heterocycles. The van der Waals surface area contributed by atoms with Crippen LogP contribution in [0.5, 0.6) is 5.75 Å². The third-order valence-electron chi connectivity index (χ3n) is 7.28. The molecule has 0 radical (unpaired) electrons. The minimum absolute atomic E-state index is 0.0749. The Labute approximate surface area is 223 Å². The first-order valence-corrected chi connectivity index (χ1v) is 13.3. The van der Waals surface area contributed by atoms with Gasteiger partial charge in [-0.3, -0.25) is 4.79 Å². The zero-order valence-electron chi connectivity index (χ0n) is 22.8. The number of aromatic amines is 1. The van der Waals surface area contributed by atoms with E-state index in [0.717, 1.165) is 35.2 Å². The molecule has 0 saturated carbocycles. The molecule has 2 amide bonds. The summed E-state index contributed by atoms with van der Waals surface area (Å²) in [6, 6.07) is 10.6. The highest BCUT2D eigenvalue weighted by Gasteiger charge is 2.29. The SMILES string of the molecule is Cc1cc(-c2cc(O[C@H](C)[C@H]3CNC(=O)C3)c3nc[nH]c3c2)ccc1N1CCN(C(=O)OC(C)(C)C)CC1. The van der Waals surface area contributed by atoms with E-state index in [1.165, 1.54) is 11.3 Å². The van der Waals surface area contributed by atoms with Crippen molar-refractivity contribution in [1.82, 2.24) is 20.2 Å². The number of carbonyl (C=O) groups is 2. The largest absolute Gasteiger partial charge is 0.488 e. The molecule has 0 bridgehead atoms. The number of anilines is 1. The van der Waals surface area contributed by atoms with Crippen molar-refractivity contribution in [3.63, 3.8) is 0 Å². The van der Waals surface area contributed by atoms with Crippen molar-refractivity contribution < 1.29 is 19.1 Å². The first-order valence-electron chi connectivity index (χ1n) is 13.3. The van der Waals surface area contributed by atoms with E-state index in [2.05, 4.69) is 51.4 Å². The number of hydrogen-bond donors (Lipinski definition) is 2. The van der Waals surface area contributed by atoms with E-state index in [-0.39, 0.29) is 24.0 Å². The van der Waals surface area contributed by atoms with Gasteiger partial charge in [-0.05, 0) is 75.6 Å². The number of aromatic nitrogens is 2. The minimum Gasteiger partial charge on any atom is -0.488 e. The van der Waals surface area contributed by atoms with Crippen LogP contribution in [0.1, 0.15) is 39.7 Å². The van der Waals surface area contributed by atoms with E-state index in [1.54, 1.807) is 11.2 Å². The molecule has 2 saturated heterocycles. The molecular weight excluding hydrogens is 482 g/mol. The Morgan fingerprint density at radius 1 is 1.11 bits per heavy atom. The van der Waals surface area contributed by atoms with Gasteiger partial charge in [-0.25, -0.2) is 9.78 Å². The number of benzene rings is 2. The Balaban J connectivity index is 1.32. The Hall–Kier alpha value is -3.75. The maximum Gasteiger partial charge on any atom is 0.410 e. The van der Waals surface area contributed by atoms with Crippen molar-refractivity contribution in [2.45, 2.75) is 52.7 Å². The molecule has 2 fully saturated rings. The number of amides is 2. The van der Waals surface area contributed by atoms with Crippen molar-refractivity contribution >= 4 is 28.7 Å². The van der Waals surface area contributed by atoms with Crippen LogP contribution in [0.2, 0.25) is 0 Å². The number of piperazine rings is 1. The zero-order valence-corrected chi connectivity index (χ0v) is 22.8. The molecular formula is C29H37N5O4. The van der Waals surface area contributed by atoms with Crippen molar-refractivity contribution in [3.05, 3.63) is 42.2 Å². The summed E-state index contributed by atoms with van der Waals surface area (Å²) in [5.41, 5.74) is 5.67. The van der Waals surface area contributed by atoms with Gasteiger partial charge in [-0.15, -0.1) is 0 Å². The summed E-state index contributed by atoms with van der Waals surface area (Å²) in [5, 5.41) is 2.89. The van der Waals surface area contributed by atoms with Gasteiger partial charge in [0.05, 0.1) is 11.8 Å². The quantitative estimate of drug-likeness (QED) is 0.515. The average Bonchev–Trinajstić information content (AvgIpc) is 3.52. The number of imidazole rings is 1. The molecule has 0 spiro atoms. The summed E-state index contributed by atoms with van der Waals surface area (Å²) in [4.78, 5) is 35.9. The molecule has 0 aliphatic carbocycles. The molecule has 5 rings (SSSR count). The van der Waals surface area contributed by atoms with Gasteiger partial charge in [0.15, 0.2) is 0 Å². The molecule has 2 aromatic carbocycles. The number of fused-ring (bicyclic) bond motifs is 1. The van der Waals surface area contributed by atoms with E-state index in [4.69, 9.17) is 9.47 Å². The molecule has 1 aromatic heterocycles. The molecule has 202 valence electrons. The van der Waals surface area contributed by atoms with Crippen molar-refractivity contribution in [2.75, 3.05) is 37.6 Å². The fraction of sp³-hybridized carbons (Fsp3) is 0.483. The zero-order chi connectivity index (χ0) is 27.0. The number of carbonyl (C=O) groups excluding carboxylic acids is 2. The number of rotatable bonds is 5. The lowest BCUT2D eigenvalue weighted by molar-refractivity contribution is -0.119. The van der Waals surface area contributed by atoms with Gasteiger partial charge in [0.1, 0.15) is 23.0 Å². The minimum atomic E-state index is -0.491. The Morgan fingerprint density at radius 3 is 2.53 bits per heavy atom. The summed E-state index contributed by atoms with van der Waals surface area (Å²) in [7, 11) is 0. The van der Waals surface area contributed by atoms with Crippen LogP contribution < -0.4 is 15.0 Å². The molecule has 9 heteroatoms. The number of aryl methyl sites for hydroxylation is 1. The van der Waals surface area contributed by atoms with E-state index >= 15 is 0 Å². The summed E-state index contributed by atoms with van der Waals surface area (Å²) in [6.45, 7) is 13.2. The van der Waals surface area contributed by atoms with Crippen LogP contribution >= 0.6 is 0 Å². The molecule has 38 heavy (non-hydrogen) atoms. The number of ether oxygens (including phenoxy) is 2. The van der Waals surface area contributed by atoms with Gasteiger partial charge < -0.3 is 29.6 Å². The first kappa shape index (κ1) is 25.9. The second-order valence-electron chi connectivity index (χ2n) is 11.3. The van der Waals surface area contributed by atoms with E-state index in [0.29, 0.717) is 31.8 Å². The van der Waals surface area contributed by atoms with Crippen molar-refractivity contribution in [1.29, 1.82) is 0 Å². The third-order valence-corrected chi connectivity index (χ3v) is 7.28. The molecule has 0 unspecified atom stereocenters. The van der Waals surface area contributed by atoms with Crippen molar-refractivity contribution in [2.24, 2.45) is 5.92 Å². The average molecular weight is 520 g/mol. The van der Waals surface area contributed by atoms with Crippen LogP contribution in [0.15, 0.2) is 36.7 Å². The molecule has 9 nitrogen and oxygen atoms in total. The Morgan fingerprint density at radius 2 is 1.87 bits per heavy atom. The van der Waals surface area contributed by atoms with E-state index in [1.807, 2.05) is 33.8 Å². The van der Waals surface area contributed by atoms with Crippen LogP contribution in [0.25, 0.3) is 22.2 Å². The third kappa shape index (κ3) is 5.56. The summed E-state index contributed by atoms with van der Waals surface area (Å²) in [5.74, 6) is 0.925. The van der Waals surface area contributed by atoms with Gasteiger partial charge in [-0.1, -0.05) is 6.07 Å². The molecule has 3 heterocycles. The highest BCUT2D eigenvalue weighted by atomic mass is 16.6. The lowest BCUT2D eigenvalue weighted by Crippen LogP contribution is -2.50. The highest BCUT2D eigenvalue weighted by molar-refractivity contribution is 5.88. The molecule has 2 atom stereocenters. The first-order chi connectivity index (χ1) is 18.1. The number of nitrogens with one attached hydrogen (secondary N) is 2. The number of H-pyrrole nitrogens is 1. The predicted molar refractivity (Wildman–Crippen MR) is 147 cm³/mol. The second kappa shape index (κ2) is 10.2. The Bertz CT molecular complexity index is 1340. The topological polar surface area (TPSA) is 99.8 Å². The van der Waals surface area contributed by atoms with Crippen LogP contribution in [0.4, 0.5) is 10.5 Å². The smallest absolute Gasteiger partial charge is 0.410 e. The van der Waals surface area contributed by atoms with Gasteiger partial charge in [-0.2, -0.15) is 0 Å². The maximum absolute atomic E-state index is 12.4. The normalized spacial score (nSPS) is 19.0. The second-order valence-corrected chi connectivity index (χ2v) is 11.3. The van der Waals surface area contributed by atoms with Crippen LogP contribution in [-0.2, 0) is 9.53 Å². The lowest BCUT2D eigenvalue weighted by Gasteiger charge is -2.37. The van der Waals surface area contributed by atoms with E-state index < -0.39 is 5.60 Å². The molecule has 2 aliphatic rings. The standard InChI is InChI=1S/C29H37N5O4/c1-18-12-20(6-7-24(18)33-8-10-34(11-9-33)28(36)38-29(3,4)5)21-13-23-27(32-17-31-23)25(14-21)37-19(2)22-15-26(35)30-16-22/h6-7,12-14,17,19,22H,8-11,15-16H2,1-5H3,(H,30,35)(H,31,32)/t19-,22-/m1/s1. The predicted octanol–water partition coefficient (Wildman–Crippen LogP) is 4.50. The number of hydrogen-bond acceptors (Lipinski definition) is 6. The number of nitrogens with zero attached hydrogens (tertiary/aromatic N) is 3. The summed E-state index contributed by atoms with van der Waals surface area (Å²) >= 11 is 0. The maximum atomic E-state index is 12.4. The summed E-state index contributed by atoms with van der Waals surface area (Å²) in [6.07, 6.45) is 1.80. The fourth-order valence-corrected chi connectivity index (χ4v) is 5.18. The van der Waals surface area contributed by atoms with Crippen LogP contribution in [0, 0.1) is 12.8 Å². The fourth-order valence-electron chi connectivity index (χ4n) is 5.18. The van der Waals surface area contributed by atoms with Gasteiger partial charge in [0.25, 0.3) is 0 Å². The lowest BCUT2D eigenvalue weighted by atomic mass is 10.00. The van der Waals surface area contributed by atoms with Gasteiger partial charge in [0.2, 0.25) is 5.91 Å². The monoisotopic (exact) mass is 519 g/mol. The molecule has 2 N–H and O–H groups in total. The summed E-state index contributed by atoms with van der Waals surface area (Å²) < 4.78 is 11.9. The van der Waals surface area contributed by atoms with Gasteiger partial charge >= 0.3 is 6.09 Å². The van der Waals surface area contributed by atoms with Crippen LogP contribution in [-0.4, -0.2) is 71.3 Å². The highest BCUT2D eigenvalue weighted by Crippen LogP contribution is 2.35. The van der Waals surface area contributed by atoms with Gasteiger partial charge in [0, 0.05) is 50.7 Å². The Kier molecular flexibility index (Phi) is 6.94.